The summed E-state index contributed by atoms with van der Waals surface area (Å²) >= 11 is 0. The zero-order valence-corrected chi connectivity index (χ0v) is 19.9. The van der Waals surface area contributed by atoms with Crippen molar-refractivity contribution < 1.29 is 38.4 Å². The van der Waals surface area contributed by atoms with Crippen LogP contribution in [-0.4, -0.2) is 70.4 Å². The van der Waals surface area contributed by atoms with Crippen LogP contribution in [0, 0.1) is 0 Å². The van der Waals surface area contributed by atoms with Crippen LogP contribution in [0.4, 0.5) is 0 Å². The van der Waals surface area contributed by atoms with E-state index >= 15 is 0 Å². The number of rotatable bonds is 10. The van der Waals surface area contributed by atoms with E-state index in [0.29, 0.717) is 47.2 Å². The van der Waals surface area contributed by atoms with E-state index in [1.807, 2.05) is 0 Å². The Morgan fingerprint density at radius 2 is 1.53 bits per heavy atom. The molecule has 1 saturated heterocycles. The molecule has 182 valence electrons. The number of ether oxygens (including phenoxy) is 5. The van der Waals surface area contributed by atoms with Crippen LogP contribution in [0.2, 0.25) is 0 Å². The third kappa shape index (κ3) is 4.65. The van der Waals surface area contributed by atoms with Crippen LogP contribution >= 0.6 is 0 Å². The molecule has 1 aliphatic heterocycles. The van der Waals surface area contributed by atoms with Crippen LogP contribution in [0.5, 0.6) is 23.0 Å². The van der Waals surface area contributed by atoms with Gasteiger partial charge in [-0.05, 0) is 48.4 Å². The molecule has 0 aliphatic carbocycles. The summed E-state index contributed by atoms with van der Waals surface area (Å²) in [6, 6.07) is 9.05. The fourth-order valence-corrected chi connectivity index (χ4v) is 4.00. The van der Waals surface area contributed by atoms with E-state index < -0.39 is 17.7 Å². The molecule has 1 fully saturated rings. The summed E-state index contributed by atoms with van der Waals surface area (Å²) in [6.45, 7) is 0.655. The van der Waals surface area contributed by atoms with E-state index in [4.69, 9.17) is 23.7 Å². The van der Waals surface area contributed by atoms with Gasteiger partial charge < -0.3 is 33.7 Å². The van der Waals surface area contributed by atoms with E-state index in [-0.39, 0.29) is 17.9 Å². The molecule has 2 aromatic carbocycles. The van der Waals surface area contributed by atoms with Crippen molar-refractivity contribution in [3.63, 3.8) is 0 Å². The zero-order chi connectivity index (χ0) is 24.8. The minimum Gasteiger partial charge on any atom is -0.507 e. The van der Waals surface area contributed by atoms with Gasteiger partial charge in [-0.1, -0.05) is 0 Å². The number of likely N-dealkylation sites (tertiary alicyclic amines) is 1. The zero-order valence-electron chi connectivity index (χ0n) is 19.9. The fraction of sp³-hybridized carbons (Fsp3) is 0.360. The molecule has 0 bridgehead atoms. The normalized spacial score (nSPS) is 17.1. The van der Waals surface area contributed by atoms with Crippen LogP contribution in [0.3, 0.4) is 0 Å². The Bertz CT molecular complexity index is 1050. The van der Waals surface area contributed by atoms with Gasteiger partial charge in [-0.3, -0.25) is 9.59 Å². The molecule has 0 radical (unpaired) electrons. The summed E-state index contributed by atoms with van der Waals surface area (Å²) in [7, 11) is 7.54. The van der Waals surface area contributed by atoms with Crippen LogP contribution < -0.4 is 18.9 Å². The molecule has 1 aliphatic rings. The first-order valence-electron chi connectivity index (χ1n) is 10.6. The first kappa shape index (κ1) is 24.9. The van der Waals surface area contributed by atoms with E-state index in [0.717, 1.165) is 0 Å². The highest BCUT2D eigenvalue weighted by atomic mass is 16.5. The summed E-state index contributed by atoms with van der Waals surface area (Å²) in [6.07, 6.45) is 0.507. The third-order valence-corrected chi connectivity index (χ3v) is 5.65. The number of hydrogen-bond donors (Lipinski definition) is 1. The molecule has 9 heteroatoms. The third-order valence-electron chi connectivity index (χ3n) is 5.65. The molecule has 1 amide bonds. The molecule has 1 N–H and O–H groups in total. The predicted molar refractivity (Wildman–Crippen MR) is 125 cm³/mol. The second-order valence-corrected chi connectivity index (χ2v) is 7.53. The second-order valence-electron chi connectivity index (χ2n) is 7.53. The first-order valence-corrected chi connectivity index (χ1v) is 10.6. The molecule has 0 saturated carbocycles. The van der Waals surface area contributed by atoms with Gasteiger partial charge in [-0.25, -0.2) is 0 Å². The van der Waals surface area contributed by atoms with Crippen LogP contribution in [-0.2, 0) is 14.3 Å². The lowest BCUT2D eigenvalue weighted by atomic mass is 9.94. The van der Waals surface area contributed by atoms with Gasteiger partial charge >= 0.3 is 0 Å². The Balaban J connectivity index is 2.21. The topological polar surface area (TPSA) is 104 Å². The predicted octanol–water partition coefficient (Wildman–Crippen LogP) is 3.18. The Morgan fingerprint density at radius 3 is 2.03 bits per heavy atom. The van der Waals surface area contributed by atoms with Crippen molar-refractivity contribution in [3.05, 3.63) is 53.1 Å². The number of ketones is 1. The number of benzene rings is 2. The number of hydrogen-bond acceptors (Lipinski definition) is 8. The van der Waals surface area contributed by atoms with Gasteiger partial charge in [0.1, 0.15) is 11.5 Å². The maximum Gasteiger partial charge on any atom is 0.295 e. The number of nitrogens with zero attached hydrogens (tertiary/aromatic N) is 1. The quantitative estimate of drug-likeness (QED) is 0.244. The SMILES string of the molecule is COCCCN1C(=O)C(=O)C(=C(O)c2ccc(OC)cc2)[C@H]1c1cc(OC)c(OC)c(OC)c1. The van der Waals surface area contributed by atoms with Gasteiger partial charge in [0.25, 0.3) is 11.7 Å². The number of aliphatic hydroxyl groups is 1. The summed E-state index contributed by atoms with van der Waals surface area (Å²) in [5.74, 6) is -0.0612. The average Bonchev–Trinajstić information content (AvgIpc) is 3.12. The number of methoxy groups -OCH3 is 5. The van der Waals surface area contributed by atoms with Crippen LogP contribution in [0.1, 0.15) is 23.6 Å². The molecule has 0 unspecified atom stereocenters. The molecule has 3 rings (SSSR count). The van der Waals surface area contributed by atoms with Gasteiger partial charge in [0.2, 0.25) is 5.75 Å². The maximum absolute atomic E-state index is 13.1. The van der Waals surface area contributed by atoms with Crippen LogP contribution in [0.15, 0.2) is 42.0 Å². The van der Waals surface area contributed by atoms with Crippen molar-refractivity contribution in [2.75, 3.05) is 48.7 Å². The Kier molecular flexibility index (Phi) is 8.01. The van der Waals surface area contributed by atoms with Crippen molar-refractivity contribution in [2.24, 2.45) is 0 Å². The van der Waals surface area contributed by atoms with Crippen molar-refractivity contribution in [3.8, 4) is 23.0 Å². The lowest BCUT2D eigenvalue weighted by Crippen LogP contribution is -2.31. The fourth-order valence-electron chi connectivity index (χ4n) is 4.00. The lowest BCUT2D eigenvalue weighted by Gasteiger charge is -2.26. The maximum atomic E-state index is 13.1. The van der Waals surface area contributed by atoms with Crippen molar-refractivity contribution >= 4 is 17.4 Å². The van der Waals surface area contributed by atoms with E-state index in [1.165, 1.54) is 33.3 Å². The molecule has 0 spiro atoms. The highest BCUT2D eigenvalue weighted by molar-refractivity contribution is 6.46. The van der Waals surface area contributed by atoms with E-state index in [2.05, 4.69) is 0 Å². The number of amides is 1. The Morgan fingerprint density at radius 1 is 0.912 bits per heavy atom. The first-order chi connectivity index (χ1) is 16.4. The molecule has 2 aromatic rings. The van der Waals surface area contributed by atoms with Gasteiger partial charge in [-0.15, -0.1) is 0 Å². The second kappa shape index (κ2) is 10.9. The van der Waals surface area contributed by atoms with Gasteiger partial charge in [0, 0.05) is 25.8 Å². The smallest absolute Gasteiger partial charge is 0.295 e. The monoisotopic (exact) mass is 471 g/mol. The van der Waals surface area contributed by atoms with Gasteiger partial charge in [-0.2, -0.15) is 0 Å². The van der Waals surface area contributed by atoms with Gasteiger partial charge in [0.05, 0.1) is 40.1 Å². The molecule has 9 nitrogen and oxygen atoms in total. The number of aliphatic hydroxyl groups excluding tert-OH is 1. The van der Waals surface area contributed by atoms with E-state index in [1.54, 1.807) is 43.5 Å². The summed E-state index contributed by atoms with van der Waals surface area (Å²) in [5, 5.41) is 11.2. The Hall–Kier alpha value is -3.72. The lowest BCUT2D eigenvalue weighted by molar-refractivity contribution is -0.140. The molecule has 1 heterocycles. The Labute approximate surface area is 198 Å². The largest absolute Gasteiger partial charge is 0.507 e. The number of carbonyl (C=O) groups excluding carboxylic acids is 2. The summed E-state index contributed by atoms with van der Waals surface area (Å²) < 4.78 is 26.6. The number of Topliss-reactive ketones (excluding diaryl/α,β-unsaturated/α-hetero) is 1. The number of carbonyl (C=O) groups is 2. The van der Waals surface area contributed by atoms with Crippen molar-refractivity contribution in [2.45, 2.75) is 12.5 Å². The standard InChI is InChI=1S/C25H29NO8/c1-30-12-6-11-26-21(16-13-18(32-3)24(34-5)19(14-16)33-4)20(23(28)25(26)29)22(27)15-7-9-17(31-2)10-8-15/h7-10,13-14,21,27H,6,11-12H2,1-5H3/t21-/m1/s1. The summed E-state index contributed by atoms with van der Waals surface area (Å²) in [4.78, 5) is 27.6. The molecular weight excluding hydrogens is 442 g/mol. The van der Waals surface area contributed by atoms with Crippen molar-refractivity contribution in [1.29, 1.82) is 0 Å². The van der Waals surface area contributed by atoms with Gasteiger partial charge in [0.15, 0.2) is 11.5 Å². The minimum atomic E-state index is -0.868. The molecule has 34 heavy (non-hydrogen) atoms. The summed E-state index contributed by atoms with van der Waals surface area (Å²) in [5.41, 5.74) is 0.885. The van der Waals surface area contributed by atoms with E-state index in [9.17, 15) is 14.7 Å². The minimum absolute atomic E-state index is 0.0261. The van der Waals surface area contributed by atoms with Crippen molar-refractivity contribution in [1.82, 2.24) is 4.90 Å². The highest BCUT2D eigenvalue weighted by Gasteiger charge is 2.46. The molecule has 0 aromatic heterocycles. The van der Waals surface area contributed by atoms with Crippen LogP contribution in [0.25, 0.3) is 5.76 Å². The molecular formula is C25H29NO8. The molecule has 1 atom stereocenters. The average molecular weight is 472 g/mol. The highest BCUT2D eigenvalue weighted by Crippen LogP contribution is 2.45.